The van der Waals surface area contributed by atoms with Crippen LogP contribution in [0.15, 0.2) is 24.4 Å². The molecule has 24 heavy (non-hydrogen) atoms. The average molecular weight is 401 g/mol. The number of sulfone groups is 1. The van der Waals surface area contributed by atoms with Crippen LogP contribution >= 0.6 is 0 Å². The minimum absolute atomic E-state index is 0.357. The highest BCUT2D eigenvalue weighted by atomic mass is 32.3. The lowest BCUT2D eigenvalue weighted by atomic mass is 10.4. The third-order valence-corrected chi connectivity index (χ3v) is 6.61. The molecule has 0 aliphatic rings. The summed E-state index contributed by atoms with van der Waals surface area (Å²) in [7, 11) is -12.5. The fourth-order valence-electron chi connectivity index (χ4n) is 1.49. The summed E-state index contributed by atoms with van der Waals surface area (Å²) in [4.78, 5) is 0. The van der Waals surface area contributed by atoms with E-state index in [4.69, 9.17) is 0 Å². The molecule has 0 amide bonds. The van der Waals surface area contributed by atoms with E-state index in [-0.39, 0.29) is 5.88 Å². The normalized spacial score (nSPS) is 15.7. The maximum absolute atomic E-state index is 12.6. The molecule has 6 nitrogen and oxygen atoms in total. The van der Waals surface area contributed by atoms with Crippen molar-refractivity contribution in [2.75, 3.05) is 7.11 Å². The molecule has 0 aliphatic heterocycles. The number of methoxy groups -OCH3 is 1. The molecule has 1 heterocycles. The molecule has 0 spiro atoms. The molecule has 1 aromatic heterocycles. The number of halogens is 6. The fraction of sp³-hybridized carbons (Fsp3) is 0.400. The monoisotopic (exact) mass is 401 g/mol. The van der Waals surface area contributed by atoms with Crippen LogP contribution < -0.4 is 9.30 Å². The molecule has 0 aromatic carbocycles. The van der Waals surface area contributed by atoms with Crippen molar-refractivity contribution in [1.82, 2.24) is 0 Å². The summed E-state index contributed by atoms with van der Waals surface area (Å²) >= 11 is 0. The highest BCUT2D eigenvalue weighted by Gasteiger charge is 2.54. The van der Waals surface area contributed by atoms with E-state index >= 15 is 0 Å². The average Bonchev–Trinajstić information content (AvgIpc) is 2.42. The summed E-state index contributed by atoms with van der Waals surface area (Å²) in [5.74, 6) is -0.357. The molecular formula is C10H9F6NO5S2. The van der Waals surface area contributed by atoms with Gasteiger partial charge in [0.1, 0.15) is 0 Å². The Kier molecular flexibility index (Phi) is 5.47. The summed E-state index contributed by atoms with van der Waals surface area (Å²) < 4.78 is 123. The molecule has 14 heteroatoms. The second-order valence-electron chi connectivity index (χ2n) is 4.14. The van der Waals surface area contributed by atoms with Gasteiger partial charge in [0, 0.05) is 15.9 Å². The van der Waals surface area contributed by atoms with Crippen molar-refractivity contribution in [2.24, 2.45) is 0 Å². The van der Waals surface area contributed by atoms with Gasteiger partial charge >= 0.3 is 16.9 Å². The second-order valence-corrected chi connectivity index (χ2v) is 8.32. The van der Waals surface area contributed by atoms with Crippen molar-refractivity contribution in [3.8, 4) is 5.88 Å². The van der Waals surface area contributed by atoms with Crippen LogP contribution in [0.1, 0.15) is 0 Å². The van der Waals surface area contributed by atoms with E-state index in [2.05, 4.69) is 4.74 Å². The zero-order valence-electron chi connectivity index (χ0n) is 11.6. The minimum atomic E-state index is -6.77. The number of ether oxygens (including phenoxy) is 1. The number of pyridine rings is 1. The predicted octanol–water partition coefficient (Wildman–Crippen LogP) is 0.982. The van der Waals surface area contributed by atoms with E-state index in [0.717, 1.165) is 25.4 Å². The number of aromatic nitrogens is 1. The van der Waals surface area contributed by atoms with Gasteiger partial charge < -0.3 is 9.29 Å². The Labute approximate surface area is 132 Å². The molecule has 0 saturated heterocycles. The molecule has 1 rings (SSSR count). The van der Waals surface area contributed by atoms with E-state index in [0.29, 0.717) is 4.57 Å². The van der Waals surface area contributed by atoms with Crippen LogP contribution in [0.25, 0.3) is 0 Å². The van der Waals surface area contributed by atoms with Crippen LogP contribution in [0, 0.1) is 0 Å². The third kappa shape index (κ3) is 3.75. The Morgan fingerprint density at radius 2 is 1.67 bits per heavy atom. The number of hydrogen-bond donors (Lipinski definition) is 0. The van der Waals surface area contributed by atoms with Crippen LogP contribution in [0.3, 0.4) is 0 Å². The molecule has 0 bridgehead atoms. The van der Waals surface area contributed by atoms with Gasteiger partial charge in [0.15, 0.2) is 16.9 Å². The van der Waals surface area contributed by atoms with E-state index < -0.39 is 41.4 Å². The molecule has 0 N–H and O–H groups in total. The van der Waals surface area contributed by atoms with Crippen molar-refractivity contribution in [3.05, 3.63) is 24.4 Å². The Morgan fingerprint density at radius 1 is 1.12 bits per heavy atom. The molecule has 1 atom stereocenters. The lowest BCUT2D eigenvalue weighted by Crippen LogP contribution is -2.49. The molecule has 1 aromatic rings. The van der Waals surface area contributed by atoms with Crippen molar-refractivity contribution >= 4 is 23.8 Å². The molecule has 0 aliphatic carbocycles. The molecule has 0 fully saturated rings. The first-order valence-corrected chi connectivity index (χ1v) is 8.64. The third-order valence-electron chi connectivity index (χ3n) is 2.62. The Balaban J connectivity index is 3.79. The van der Waals surface area contributed by atoms with Crippen molar-refractivity contribution in [2.45, 2.75) is 17.6 Å². The lowest BCUT2D eigenvalue weighted by molar-refractivity contribution is -0.686. The van der Waals surface area contributed by atoms with Crippen molar-refractivity contribution < 1.29 is 52.8 Å². The number of hydrogen-bond acceptors (Lipinski definition) is 5. The van der Waals surface area contributed by atoms with E-state index in [9.17, 15) is 43.5 Å². The topological polar surface area (TPSA) is 87.4 Å². The smallest absolute Gasteiger partial charge is 0.502 e. The zero-order chi connectivity index (χ0) is 19.0. The standard InChI is InChI=1S/C10H9F6NO5S2/c1-22-7-4-2-3-5-17(7)6-8(23(18,19)9(11,12)13)24(20,21)10(14,15)16/h2-5H,6H2,1H3. The van der Waals surface area contributed by atoms with Gasteiger partial charge in [-0.2, -0.15) is 30.9 Å². The molecule has 0 radical (unpaired) electrons. The summed E-state index contributed by atoms with van der Waals surface area (Å²) in [5.41, 5.74) is -12.5. The summed E-state index contributed by atoms with van der Waals surface area (Å²) in [6.45, 7) is -1.74. The van der Waals surface area contributed by atoms with Crippen LogP contribution in [0.5, 0.6) is 5.88 Å². The van der Waals surface area contributed by atoms with Gasteiger partial charge in [-0.25, -0.2) is 8.42 Å². The molecule has 1 unspecified atom stereocenters. The molecule has 0 saturated carbocycles. The summed E-state index contributed by atoms with van der Waals surface area (Å²) in [5, 5.41) is 0. The highest BCUT2D eigenvalue weighted by Crippen LogP contribution is 2.31. The first-order valence-electron chi connectivity index (χ1n) is 5.67. The van der Waals surface area contributed by atoms with Crippen LogP contribution in [-0.2, 0) is 26.2 Å². The maximum atomic E-state index is 12.6. The minimum Gasteiger partial charge on any atom is -0.770 e. The SMILES string of the molecule is COc1cccc[n+]1CC(S(=O)(=O)C(F)(F)F)=S(=O)([O-])C(F)(F)F. The van der Waals surface area contributed by atoms with E-state index in [1.807, 2.05) is 0 Å². The number of nitrogens with zero attached hydrogens (tertiary/aromatic N) is 1. The maximum Gasteiger partial charge on any atom is 0.502 e. The van der Waals surface area contributed by atoms with Crippen LogP contribution in [-0.4, -0.2) is 39.5 Å². The molecular weight excluding hydrogens is 392 g/mol. The summed E-state index contributed by atoms with van der Waals surface area (Å²) in [6.07, 6.45) is 0.858. The highest BCUT2D eigenvalue weighted by molar-refractivity contribution is 8.22. The van der Waals surface area contributed by atoms with E-state index in [1.54, 1.807) is 0 Å². The first-order chi connectivity index (χ1) is 10.7. The van der Waals surface area contributed by atoms with Crippen molar-refractivity contribution in [1.29, 1.82) is 0 Å². The Hall–Kier alpha value is -1.54. The predicted molar refractivity (Wildman–Crippen MR) is 68.1 cm³/mol. The quantitative estimate of drug-likeness (QED) is 0.428. The van der Waals surface area contributed by atoms with Crippen LogP contribution in [0.4, 0.5) is 26.3 Å². The largest absolute Gasteiger partial charge is 0.770 e. The van der Waals surface area contributed by atoms with Gasteiger partial charge in [-0.1, -0.05) is 0 Å². The zero-order valence-corrected chi connectivity index (χ0v) is 13.2. The fourth-order valence-corrected chi connectivity index (χ4v) is 4.34. The van der Waals surface area contributed by atoms with Gasteiger partial charge in [0.05, 0.1) is 13.2 Å². The van der Waals surface area contributed by atoms with Gasteiger partial charge in [-0.15, -0.1) is 0 Å². The number of rotatable bonds is 3. The summed E-state index contributed by atoms with van der Waals surface area (Å²) in [6, 6.07) is 3.49. The van der Waals surface area contributed by atoms with Crippen LogP contribution in [0.2, 0.25) is 0 Å². The van der Waals surface area contributed by atoms with Crippen molar-refractivity contribution in [3.63, 3.8) is 0 Å². The van der Waals surface area contributed by atoms with Gasteiger partial charge in [0.25, 0.3) is 9.84 Å². The first kappa shape index (κ1) is 20.5. The Morgan fingerprint density at radius 3 is 2.08 bits per heavy atom. The second kappa shape index (κ2) is 6.40. The number of alkyl halides is 6. The van der Waals surface area contributed by atoms with E-state index in [1.165, 1.54) is 6.07 Å². The molecule has 138 valence electrons. The Bertz CT molecular complexity index is 836. The van der Waals surface area contributed by atoms with Gasteiger partial charge in [-0.3, -0.25) is 4.21 Å². The van der Waals surface area contributed by atoms with Gasteiger partial charge in [0.2, 0.25) is 0 Å². The lowest BCUT2D eigenvalue weighted by Gasteiger charge is -2.23. The van der Waals surface area contributed by atoms with Gasteiger partial charge in [-0.05, 0) is 6.07 Å².